The fourth-order valence-corrected chi connectivity index (χ4v) is 2.44. The predicted octanol–water partition coefficient (Wildman–Crippen LogP) is -1.60. The molecule has 0 radical (unpaired) electrons. The molecule has 0 aliphatic carbocycles. The molecule has 0 saturated carbocycles. The van der Waals surface area contributed by atoms with Crippen LogP contribution in [-0.4, -0.2) is 57.4 Å². The Morgan fingerprint density at radius 2 is 2.11 bits per heavy atom. The molecule has 3 N–H and O–H groups in total. The summed E-state index contributed by atoms with van der Waals surface area (Å²) in [5, 5.41) is 30.0. The largest absolute Gasteiger partial charge is 0.438 e. The second-order valence-electron chi connectivity index (χ2n) is 7.05. The zero-order valence-electron chi connectivity index (χ0n) is 15.0. The highest BCUT2D eigenvalue weighted by Crippen LogP contribution is 2.34. The molecule has 2 rings (SSSR count). The molecule has 1 saturated heterocycles. The molecule has 1 aromatic heterocycles. The molecule has 0 bridgehead atoms. The Balaban J connectivity index is 2.10. The van der Waals surface area contributed by atoms with Gasteiger partial charge in [-0.1, -0.05) is 0 Å². The molecule has 1 aliphatic rings. The van der Waals surface area contributed by atoms with Crippen molar-refractivity contribution in [2.45, 2.75) is 44.8 Å². The Bertz CT molecular complexity index is 849. The normalized spacial score (nSPS) is 27.9. The number of H-pyrrole nitrogens is 1. The minimum atomic E-state index is -2.25. The Hall–Kier alpha value is -2.52. The number of ether oxygens (including phenoxy) is 3. The smallest absolute Gasteiger partial charge is 0.331 e. The number of rotatable bonds is 5. The molecule has 11 heteroatoms. The predicted molar refractivity (Wildman–Crippen MR) is 88.2 cm³/mol. The number of hydrogen-bond donors (Lipinski definition) is 3. The van der Waals surface area contributed by atoms with Crippen molar-refractivity contribution in [3.05, 3.63) is 33.1 Å². The van der Waals surface area contributed by atoms with Gasteiger partial charge in [-0.25, -0.2) is 4.79 Å². The number of nitriles is 1. The first-order valence-electron chi connectivity index (χ1n) is 8.05. The van der Waals surface area contributed by atoms with Crippen LogP contribution in [0.3, 0.4) is 0 Å². The zero-order chi connectivity index (χ0) is 20.4. The third kappa shape index (κ3) is 4.09. The van der Waals surface area contributed by atoms with Gasteiger partial charge in [0.25, 0.3) is 11.3 Å². The molecule has 4 atom stereocenters. The van der Waals surface area contributed by atoms with Gasteiger partial charge in [0, 0.05) is 12.3 Å². The van der Waals surface area contributed by atoms with Crippen molar-refractivity contribution in [3.8, 4) is 6.07 Å². The van der Waals surface area contributed by atoms with Crippen LogP contribution < -0.4 is 11.2 Å². The molecular weight excluding hydrogens is 362 g/mol. The third-order valence-electron chi connectivity index (χ3n) is 3.95. The molecule has 27 heavy (non-hydrogen) atoms. The second kappa shape index (κ2) is 7.61. The van der Waals surface area contributed by atoms with Crippen LogP contribution in [0.15, 0.2) is 21.9 Å². The maximum atomic E-state index is 12.0. The molecule has 0 aromatic carbocycles. The Kier molecular flexibility index (Phi) is 5.86. The maximum absolute atomic E-state index is 12.0. The van der Waals surface area contributed by atoms with Gasteiger partial charge in [0.1, 0.15) is 24.4 Å². The summed E-state index contributed by atoms with van der Waals surface area (Å²) in [4.78, 5) is 36.8. The van der Waals surface area contributed by atoms with Crippen molar-refractivity contribution in [1.82, 2.24) is 9.55 Å². The quantitative estimate of drug-likeness (QED) is 0.308. The summed E-state index contributed by atoms with van der Waals surface area (Å²) < 4.78 is 16.1. The van der Waals surface area contributed by atoms with E-state index in [0.717, 1.165) is 12.3 Å². The molecule has 0 spiro atoms. The van der Waals surface area contributed by atoms with Gasteiger partial charge in [-0.2, -0.15) is 5.26 Å². The molecule has 11 nitrogen and oxygen atoms in total. The van der Waals surface area contributed by atoms with E-state index in [9.17, 15) is 29.9 Å². The van der Waals surface area contributed by atoms with Crippen LogP contribution in [0, 0.1) is 16.7 Å². The number of aliphatic hydroxyl groups is 2. The average Bonchev–Trinajstić information content (AvgIpc) is 2.83. The second-order valence-corrected chi connectivity index (χ2v) is 7.05. The maximum Gasteiger partial charge on any atom is 0.331 e. The molecule has 1 aliphatic heterocycles. The van der Waals surface area contributed by atoms with Crippen molar-refractivity contribution in [3.63, 3.8) is 0 Å². The lowest BCUT2D eigenvalue weighted by atomic mass is 9.98. The first-order valence-corrected chi connectivity index (χ1v) is 8.05. The Morgan fingerprint density at radius 3 is 2.67 bits per heavy atom. The molecule has 2 unspecified atom stereocenters. The van der Waals surface area contributed by atoms with Gasteiger partial charge in [0.15, 0.2) is 6.79 Å². The van der Waals surface area contributed by atoms with E-state index < -0.39 is 53.5 Å². The monoisotopic (exact) mass is 383 g/mol. The first kappa shape index (κ1) is 20.8. The fraction of sp³-hybridized carbons (Fsp3) is 0.625. The van der Waals surface area contributed by atoms with Gasteiger partial charge in [0.2, 0.25) is 0 Å². The highest BCUT2D eigenvalue weighted by Gasteiger charge is 2.57. The number of aromatic amines is 1. The summed E-state index contributed by atoms with van der Waals surface area (Å²) in [7, 11) is 0. The van der Waals surface area contributed by atoms with Crippen LogP contribution in [0.5, 0.6) is 0 Å². The van der Waals surface area contributed by atoms with Gasteiger partial charge in [-0.15, -0.1) is 0 Å². The summed E-state index contributed by atoms with van der Waals surface area (Å²) in [5.74, 6) is -0.499. The number of nitrogens with zero attached hydrogens (tertiary/aromatic N) is 2. The number of aromatic nitrogens is 2. The summed E-state index contributed by atoms with van der Waals surface area (Å²) in [6, 6.07) is 2.63. The summed E-state index contributed by atoms with van der Waals surface area (Å²) in [6.07, 6.45) is -3.57. The SMILES string of the molecule is CC(C)(C)C(=O)OCOC[C@H]1O[C@@](C#N)(n2ccc(=O)[nH]c2=O)C(O)C1O. The van der Waals surface area contributed by atoms with E-state index in [-0.39, 0.29) is 6.61 Å². The van der Waals surface area contributed by atoms with E-state index >= 15 is 0 Å². The molecule has 0 amide bonds. The van der Waals surface area contributed by atoms with Gasteiger partial charge >= 0.3 is 11.7 Å². The number of aliphatic hydroxyl groups excluding tert-OH is 2. The summed E-state index contributed by atoms with van der Waals surface area (Å²) in [6.45, 7) is 4.25. The van der Waals surface area contributed by atoms with E-state index in [1.165, 1.54) is 0 Å². The standard InChI is InChI=1S/C16H21N3O8/c1-15(2,3)13(23)26-8-25-6-9-11(21)12(22)16(7-17,27-9)19-5-4-10(20)18-14(19)24/h4-5,9,11-12,21-22H,6,8H2,1-3H3,(H,18,20,24)/t9-,11?,12?,16-/m1/s1. The minimum Gasteiger partial charge on any atom is -0.438 e. The lowest BCUT2D eigenvalue weighted by Crippen LogP contribution is -2.50. The number of hydrogen-bond acceptors (Lipinski definition) is 9. The van der Waals surface area contributed by atoms with Crippen LogP contribution in [0.1, 0.15) is 20.8 Å². The molecule has 1 fully saturated rings. The number of carbonyl (C=O) groups is 1. The Morgan fingerprint density at radius 1 is 1.44 bits per heavy atom. The fourth-order valence-electron chi connectivity index (χ4n) is 2.44. The topological polar surface area (TPSA) is 164 Å². The van der Waals surface area contributed by atoms with Crippen molar-refractivity contribution in [2.75, 3.05) is 13.4 Å². The van der Waals surface area contributed by atoms with Crippen LogP contribution in [0.2, 0.25) is 0 Å². The summed E-state index contributed by atoms with van der Waals surface area (Å²) in [5.41, 5.74) is -4.66. The van der Waals surface area contributed by atoms with Crippen molar-refractivity contribution in [2.24, 2.45) is 5.41 Å². The van der Waals surface area contributed by atoms with Crippen LogP contribution in [0.25, 0.3) is 0 Å². The Labute approximate surface area is 153 Å². The average molecular weight is 383 g/mol. The molecule has 1 aromatic rings. The number of carbonyl (C=O) groups excluding carboxylic acids is 1. The van der Waals surface area contributed by atoms with E-state index in [1.807, 2.05) is 4.98 Å². The highest BCUT2D eigenvalue weighted by molar-refractivity contribution is 5.75. The first-order chi connectivity index (χ1) is 12.5. The van der Waals surface area contributed by atoms with Crippen LogP contribution in [-0.2, 0) is 24.7 Å². The minimum absolute atomic E-state index is 0.322. The van der Waals surface area contributed by atoms with Crippen LogP contribution >= 0.6 is 0 Å². The van der Waals surface area contributed by atoms with E-state index in [4.69, 9.17) is 14.2 Å². The lowest BCUT2D eigenvalue weighted by molar-refractivity contribution is -0.172. The van der Waals surface area contributed by atoms with E-state index in [1.54, 1.807) is 26.8 Å². The molecule has 148 valence electrons. The van der Waals surface area contributed by atoms with E-state index in [0.29, 0.717) is 4.57 Å². The zero-order valence-corrected chi connectivity index (χ0v) is 15.0. The van der Waals surface area contributed by atoms with Gasteiger partial charge in [-0.05, 0) is 20.8 Å². The van der Waals surface area contributed by atoms with Crippen molar-refractivity contribution in [1.29, 1.82) is 5.26 Å². The third-order valence-corrected chi connectivity index (χ3v) is 3.95. The van der Waals surface area contributed by atoms with Crippen molar-refractivity contribution >= 4 is 5.97 Å². The highest BCUT2D eigenvalue weighted by atomic mass is 16.7. The van der Waals surface area contributed by atoms with Gasteiger partial charge in [0.05, 0.1) is 12.0 Å². The lowest BCUT2D eigenvalue weighted by Gasteiger charge is -2.26. The van der Waals surface area contributed by atoms with Gasteiger partial charge in [-0.3, -0.25) is 19.1 Å². The molecular formula is C16H21N3O8. The molecule has 2 heterocycles. The van der Waals surface area contributed by atoms with Crippen LogP contribution in [0.4, 0.5) is 0 Å². The van der Waals surface area contributed by atoms with Crippen molar-refractivity contribution < 1.29 is 29.2 Å². The summed E-state index contributed by atoms with van der Waals surface area (Å²) >= 11 is 0. The van der Waals surface area contributed by atoms with E-state index in [2.05, 4.69) is 0 Å². The van der Waals surface area contributed by atoms with Gasteiger partial charge < -0.3 is 24.4 Å². The number of nitrogens with one attached hydrogen (secondary N) is 1. The number of esters is 1.